The zero-order valence-electron chi connectivity index (χ0n) is 11.0. The summed E-state index contributed by atoms with van der Waals surface area (Å²) in [7, 11) is 1.68. The van der Waals surface area contributed by atoms with E-state index in [1.54, 1.807) is 7.11 Å². The minimum Gasteiger partial charge on any atom is -0.497 e. The zero-order chi connectivity index (χ0) is 13.2. The molecule has 3 rings (SSSR count). The summed E-state index contributed by atoms with van der Waals surface area (Å²) in [5, 5.41) is 11.5. The van der Waals surface area contributed by atoms with Crippen LogP contribution in [0.15, 0.2) is 30.5 Å². The average Bonchev–Trinajstić information content (AvgIpc) is 2.94. The van der Waals surface area contributed by atoms with Crippen LogP contribution in [0.25, 0.3) is 10.8 Å². The molecule has 0 amide bonds. The predicted octanol–water partition coefficient (Wildman–Crippen LogP) is 2.06. The van der Waals surface area contributed by atoms with Crippen molar-refractivity contribution in [2.75, 3.05) is 31.7 Å². The van der Waals surface area contributed by atoms with Gasteiger partial charge in [0.1, 0.15) is 11.6 Å². The highest BCUT2D eigenvalue weighted by molar-refractivity contribution is 5.93. The van der Waals surface area contributed by atoms with Crippen LogP contribution in [0.1, 0.15) is 6.42 Å². The van der Waals surface area contributed by atoms with Crippen LogP contribution < -0.4 is 9.64 Å². The van der Waals surface area contributed by atoms with E-state index in [2.05, 4.69) is 16.0 Å². The van der Waals surface area contributed by atoms with Crippen LogP contribution in [-0.4, -0.2) is 36.9 Å². The second kappa shape index (κ2) is 5.05. The van der Waals surface area contributed by atoms with E-state index in [1.807, 2.05) is 24.4 Å². The van der Waals surface area contributed by atoms with Crippen LogP contribution in [0.2, 0.25) is 0 Å². The molecule has 19 heavy (non-hydrogen) atoms. The van der Waals surface area contributed by atoms with Gasteiger partial charge in [-0.2, -0.15) is 0 Å². The van der Waals surface area contributed by atoms with Crippen molar-refractivity contribution >= 4 is 16.6 Å². The molecule has 0 bridgehead atoms. The fourth-order valence-electron chi connectivity index (χ4n) is 2.69. The largest absolute Gasteiger partial charge is 0.497 e. The maximum atomic E-state index is 9.26. The third-order valence-corrected chi connectivity index (χ3v) is 3.80. The van der Waals surface area contributed by atoms with E-state index in [4.69, 9.17) is 4.74 Å². The van der Waals surface area contributed by atoms with Gasteiger partial charge in [0.15, 0.2) is 0 Å². The Morgan fingerprint density at radius 2 is 2.32 bits per heavy atom. The Bertz CT molecular complexity index is 585. The summed E-state index contributed by atoms with van der Waals surface area (Å²) in [6.45, 7) is 2.08. The number of hydrogen-bond donors (Lipinski definition) is 1. The molecule has 0 radical (unpaired) electrons. The normalized spacial score (nSPS) is 19.1. The Balaban J connectivity index is 2.03. The van der Waals surface area contributed by atoms with Crippen LogP contribution >= 0.6 is 0 Å². The van der Waals surface area contributed by atoms with Gasteiger partial charge in [0.05, 0.1) is 7.11 Å². The Labute approximate surface area is 112 Å². The monoisotopic (exact) mass is 258 g/mol. The first kappa shape index (κ1) is 12.2. The molecule has 0 aliphatic carbocycles. The minimum atomic E-state index is 0.255. The molecular weight excluding hydrogens is 240 g/mol. The Morgan fingerprint density at radius 1 is 1.42 bits per heavy atom. The molecule has 4 heteroatoms. The molecule has 4 nitrogen and oxygen atoms in total. The quantitative estimate of drug-likeness (QED) is 0.915. The van der Waals surface area contributed by atoms with Crippen molar-refractivity contribution in [2.45, 2.75) is 6.42 Å². The summed E-state index contributed by atoms with van der Waals surface area (Å²) in [6, 6.07) is 8.06. The second-order valence-electron chi connectivity index (χ2n) is 5.00. The molecule has 1 fully saturated rings. The maximum absolute atomic E-state index is 9.26. The molecule has 1 saturated heterocycles. The van der Waals surface area contributed by atoms with Gasteiger partial charge in [0.2, 0.25) is 0 Å². The number of aliphatic hydroxyl groups excluding tert-OH is 1. The molecule has 1 aromatic carbocycles. The number of anilines is 1. The summed E-state index contributed by atoms with van der Waals surface area (Å²) >= 11 is 0. The highest BCUT2D eigenvalue weighted by atomic mass is 16.5. The van der Waals surface area contributed by atoms with Crippen LogP contribution in [0.4, 0.5) is 5.82 Å². The van der Waals surface area contributed by atoms with Gasteiger partial charge >= 0.3 is 0 Å². The fourth-order valence-corrected chi connectivity index (χ4v) is 2.69. The molecule has 2 aromatic rings. The lowest BCUT2D eigenvalue weighted by atomic mass is 10.1. The SMILES string of the molecule is COc1ccc2ccnc(N3CCC(CO)C3)c2c1. The lowest BCUT2D eigenvalue weighted by molar-refractivity contribution is 0.238. The minimum absolute atomic E-state index is 0.255. The summed E-state index contributed by atoms with van der Waals surface area (Å²) in [6.07, 6.45) is 2.87. The lowest BCUT2D eigenvalue weighted by Crippen LogP contribution is -2.21. The smallest absolute Gasteiger partial charge is 0.136 e. The molecule has 0 saturated carbocycles. The molecule has 1 aromatic heterocycles. The van der Waals surface area contributed by atoms with Crippen molar-refractivity contribution in [3.05, 3.63) is 30.5 Å². The Kier molecular flexibility index (Phi) is 3.25. The van der Waals surface area contributed by atoms with Gasteiger partial charge in [-0.1, -0.05) is 6.07 Å². The molecule has 1 aliphatic rings. The van der Waals surface area contributed by atoms with Gasteiger partial charge < -0.3 is 14.7 Å². The maximum Gasteiger partial charge on any atom is 0.136 e. The molecule has 1 atom stereocenters. The molecule has 1 N–H and O–H groups in total. The average molecular weight is 258 g/mol. The van der Waals surface area contributed by atoms with Crippen LogP contribution in [-0.2, 0) is 0 Å². The van der Waals surface area contributed by atoms with Gasteiger partial charge in [-0.3, -0.25) is 0 Å². The van der Waals surface area contributed by atoms with E-state index >= 15 is 0 Å². The summed E-state index contributed by atoms with van der Waals surface area (Å²) < 4.78 is 5.30. The number of rotatable bonds is 3. The van der Waals surface area contributed by atoms with Crippen LogP contribution in [0.3, 0.4) is 0 Å². The number of aromatic nitrogens is 1. The highest BCUT2D eigenvalue weighted by Crippen LogP contribution is 2.31. The third kappa shape index (κ3) is 2.24. The van der Waals surface area contributed by atoms with E-state index in [-0.39, 0.29) is 6.61 Å². The van der Waals surface area contributed by atoms with Gasteiger partial charge in [0, 0.05) is 37.2 Å². The van der Waals surface area contributed by atoms with Gasteiger partial charge in [-0.25, -0.2) is 4.98 Å². The van der Waals surface area contributed by atoms with Crippen LogP contribution in [0.5, 0.6) is 5.75 Å². The van der Waals surface area contributed by atoms with Crippen molar-refractivity contribution in [1.82, 2.24) is 4.98 Å². The first-order valence-corrected chi connectivity index (χ1v) is 6.60. The summed E-state index contributed by atoms with van der Waals surface area (Å²) in [5.41, 5.74) is 0. The lowest BCUT2D eigenvalue weighted by Gasteiger charge is -2.19. The van der Waals surface area contributed by atoms with Gasteiger partial charge in [0.25, 0.3) is 0 Å². The first-order valence-electron chi connectivity index (χ1n) is 6.60. The standard InChI is InChI=1S/C15H18N2O2/c1-19-13-3-2-12-4-6-16-15(14(12)8-13)17-7-5-11(9-17)10-18/h2-4,6,8,11,18H,5,7,9-10H2,1H3. The van der Waals surface area contributed by atoms with Crippen molar-refractivity contribution in [3.63, 3.8) is 0 Å². The Hall–Kier alpha value is -1.81. The molecule has 0 spiro atoms. The van der Waals surface area contributed by atoms with E-state index in [1.165, 1.54) is 5.39 Å². The predicted molar refractivity (Wildman–Crippen MR) is 75.7 cm³/mol. The number of benzene rings is 1. The summed E-state index contributed by atoms with van der Waals surface area (Å²) in [5.74, 6) is 2.20. The number of methoxy groups -OCH3 is 1. The van der Waals surface area contributed by atoms with E-state index in [0.29, 0.717) is 5.92 Å². The molecule has 2 heterocycles. The Morgan fingerprint density at radius 3 is 3.05 bits per heavy atom. The number of hydrogen-bond acceptors (Lipinski definition) is 4. The number of aliphatic hydroxyl groups is 1. The number of fused-ring (bicyclic) bond motifs is 1. The van der Waals surface area contributed by atoms with Crippen molar-refractivity contribution in [3.8, 4) is 5.75 Å². The van der Waals surface area contributed by atoms with Crippen LogP contribution in [0, 0.1) is 5.92 Å². The molecular formula is C15H18N2O2. The van der Waals surface area contributed by atoms with Crippen molar-refractivity contribution in [2.24, 2.45) is 5.92 Å². The van der Waals surface area contributed by atoms with E-state index in [9.17, 15) is 5.11 Å². The molecule has 100 valence electrons. The number of nitrogens with zero attached hydrogens (tertiary/aromatic N) is 2. The van der Waals surface area contributed by atoms with Crippen molar-refractivity contribution in [1.29, 1.82) is 0 Å². The third-order valence-electron chi connectivity index (χ3n) is 3.80. The summed E-state index contributed by atoms with van der Waals surface area (Å²) in [4.78, 5) is 6.77. The van der Waals surface area contributed by atoms with E-state index < -0.39 is 0 Å². The first-order chi connectivity index (χ1) is 9.31. The fraction of sp³-hybridized carbons (Fsp3) is 0.400. The molecule has 1 aliphatic heterocycles. The number of ether oxygens (including phenoxy) is 1. The molecule has 1 unspecified atom stereocenters. The van der Waals surface area contributed by atoms with E-state index in [0.717, 1.165) is 36.5 Å². The van der Waals surface area contributed by atoms with Crippen molar-refractivity contribution < 1.29 is 9.84 Å². The topological polar surface area (TPSA) is 45.6 Å². The number of pyridine rings is 1. The second-order valence-corrected chi connectivity index (χ2v) is 5.00. The van der Waals surface area contributed by atoms with Gasteiger partial charge in [-0.05, 0) is 30.0 Å². The highest BCUT2D eigenvalue weighted by Gasteiger charge is 2.24. The van der Waals surface area contributed by atoms with Gasteiger partial charge in [-0.15, -0.1) is 0 Å². The zero-order valence-corrected chi connectivity index (χ0v) is 11.0.